The summed E-state index contributed by atoms with van der Waals surface area (Å²) in [4.78, 5) is 11.6. The van der Waals surface area contributed by atoms with E-state index >= 15 is 0 Å². The number of amides is 1. The van der Waals surface area contributed by atoms with E-state index in [0.717, 1.165) is 23.0 Å². The quantitative estimate of drug-likeness (QED) is 0.675. The molecule has 0 bridgehead atoms. The average molecular weight is 302 g/mol. The minimum Gasteiger partial charge on any atom is -0.396 e. The number of carbonyl (C=O) groups is 1. The van der Waals surface area contributed by atoms with Crippen molar-refractivity contribution in [1.82, 2.24) is 9.78 Å². The number of anilines is 2. The van der Waals surface area contributed by atoms with Gasteiger partial charge >= 0.3 is 6.18 Å². The van der Waals surface area contributed by atoms with E-state index < -0.39 is 30.1 Å². The zero-order valence-electron chi connectivity index (χ0n) is 10.5. The molecule has 112 valence electrons. The van der Waals surface area contributed by atoms with E-state index in [1.165, 1.54) is 12.1 Å². The Kier molecular flexibility index (Phi) is 3.83. The standard InChI is InChI=1S/C12H10F4N4O/c13-8-2-1-7(5-9(8)17)18-11(21)6-20-4-3-10(19-20)12(14,15)16/h1-5H,6,17H2,(H,18,21). The van der Waals surface area contributed by atoms with Crippen LogP contribution in [0.1, 0.15) is 5.69 Å². The molecule has 3 N–H and O–H groups in total. The van der Waals surface area contributed by atoms with Crippen LogP contribution in [0.4, 0.5) is 28.9 Å². The molecule has 0 saturated heterocycles. The molecule has 0 aliphatic carbocycles. The lowest BCUT2D eigenvalue weighted by Crippen LogP contribution is -2.20. The lowest BCUT2D eigenvalue weighted by Gasteiger charge is -2.07. The molecule has 21 heavy (non-hydrogen) atoms. The van der Waals surface area contributed by atoms with Crippen molar-refractivity contribution in [2.75, 3.05) is 11.1 Å². The molecule has 2 aromatic rings. The van der Waals surface area contributed by atoms with E-state index in [4.69, 9.17) is 5.73 Å². The molecule has 0 spiro atoms. The zero-order valence-corrected chi connectivity index (χ0v) is 10.5. The maximum absolute atomic E-state index is 12.9. The topological polar surface area (TPSA) is 72.9 Å². The Balaban J connectivity index is 2.01. The van der Waals surface area contributed by atoms with Gasteiger partial charge in [0.1, 0.15) is 12.4 Å². The number of nitrogens with zero attached hydrogens (tertiary/aromatic N) is 2. The second kappa shape index (κ2) is 5.43. The van der Waals surface area contributed by atoms with Gasteiger partial charge in [0.15, 0.2) is 5.69 Å². The van der Waals surface area contributed by atoms with Crippen LogP contribution < -0.4 is 11.1 Å². The van der Waals surface area contributed by atoms with E-state index in [-0.39, 0.29) is 11.4 Å². The maximum Gasteiger partial charge on any atom is 0.435 e. The highest BCUT2D eigenvalue weighted by Gasteiger charge is 2.33. The Morgan fingerprint density at radius 1 is 1.33 bits per heavy atom. The van der Waals surface area contributed by atoms with E-state index in [0.29, 0.717) is 0 Å². The summed E-state index contributed by atoms with van der Waals surface area (Å²) in [5.41, 5.74) is 4.34. The molecule has 0 saturated carbocycles. The smallest absolute Gasteiger partial charge is 0.396 e. The Morgan fingerprint density at radius 2 is 2.05 bits per heavy atom. The first kappa shape index (κ1) is 14.8. The Bertz CT molecular complexity index is 666. The Labute approximate surface area is 116 Å². The second-order valence-electron chi connectivity index (χ2n) is 4.18. The number of nitrogens with two attached hydrogens (primary N) is 1. The summed E-state index contributed by atoms with van der Waals surface area (Å²) < 4.78 is 50.8. The number of nitrogen functional groups attached to an aromatic ring is 1. The van der Waals surface area contributed by atoms with Crippen LogP contribution in [-0.2, 0) is 17.5 Å². The minimum absolute atomic E-state index is 0.147. The highest BCUT2D eigenvalue weighted by Crippen LogP contribution is 2.27. The lowest BCUT2D eigenvalue weighted by atomic mass is 10.2. The number of hydrogen-bond acceptors (Lipinski definition) is 3. The first-order chi connectivity index (χ1) is 9.75. The van der Waals surface area contributed by atoms with Crippen molar-refractivity contribution in [1.29, 1.82) is 0 Å². The number of halogens is 4. The summed E-state index contributed by atoms with van der Waals surface area (Å²) in [6.45, 7) is -0.409. The third-order valence-electron chi connectivity index (χ3n) is 2.52. The van der Waals surface area contributed by atoms with Gasteiger partial charge in [-0.15, -0.1) is 0 Å². The van der Waals surface area contributed by atoms with Crippen LogP contribution in [0.25, 0.3) is 0 Å². The van der Waals surface area contributed by atoms with Crippen molar-refractivity contribution in [3.63, 3.8) is 0 Å². The fraction of sp³-hybridized carbons (Fsp3) is 0.167. The zero-order chi connectivity index (χ0) is 15.6. The molecule has 0 fully saturated rings. The van der Waals surface area contributed by atoms with E-state index in [2.05, 4.69) is 10.4 Å². The predicted octanol–water partition coefficient (Wildman–Crippen LogP) is 2.26. The Hall–Kier alpha value is -2.58. The number of hydrogen-bond donors (Lipinski definition) is 2. The summed E-state index contributed by atoms with van der Waals surface area (Å²) in [5.74, 6) is -1.24. The molecule has 1 heterocycles. The van der Waals surface area contributed by atoms with E-state index in [9.17, 15) is 22.4 Å². The SMILES string of the molecule is Nc1cc(NC(=O)Cn2ccc(C(F)(F)F)n2)ccc1F. The molecule has 0 unspecified atom stereocenters. The fourth-order valence-corrected chi connectivity index (χ4v) is 1.57. The maximum atomic E-state index is 12.9. The van der Waals surface area contributed by atoms with E-state index in [1.807, 2.05) is 0 Å². The van der Waals surface area contributed by atoms with Crippen molar-refractivity contribution < 1.29 is 22.4 Å². The molecule has 0 aliphatic rings. The molecule has 0 radical (unpaired) electrons. The van der Waals surface area contributed by atoms with E-state index in [1.54, 1.807) is 0 Å². The largest absolute Gasteiger partial charge is 0.435 e. The third kappa shape index (κ3) is 3.71. The predicted molar refractivity (Wildman–Crippen MR) is 66.7 cm³/mol. The first-order valence-electron chi connectivity index (χ1n) is 5.71. The molecule has 1 aromatic carbocycles. The van der Waals surface area contributed by atoms with Crippen molar-refractivity contribution in [2.45, 2.75) is 12.7 Å². The van der Waals surface area contributed by atoms with Crippen LogP contribution in [0.5, 0.6) is 0 Å². The molecular weight excluding hydrogens is 292 g/mol. The molecule has 1 amide bonds. The third-order valence-corrected chi connectivity index (χ3v) is 2.52. The second-order valence-corrected chi connectivity index (χ2v) is 4.18. The summed E-state index contributed by atoms with van der Waals surface area (Å²) >= 11 is 0. The highest BCUT2D eigenvalue weighted by atomic mass is 19.4. The van der Waals surface area contributed by atoms with Gasteiger partial charge in [-0.2, -0.15) is 18.3 Å². The summed E-state index contributed by atoms with van der Waals surface area (Å²) in [7, 11) is 0. The van der Waals surface area contributed by atoms with Gasteiger partial charge in [-0.1, -0.05) is 0 Å². The van der Waals surface area contributed by atoms with Crippen molar-refractivity contribution >= 4 is 17.3 Å². The van der Waals surface area contributed by atoms with Gasteiger partial charge in [0.2, 0.25) is 5.91 Å². The number of alkyl halides is 3. The number of aromatic nitrogens is 2. The van der Waals surface area contributed by atoms with Crippen LogP contribution in [0.3, 0.4) is 0 Å². The van der Waals surface area contributed by atoms with Crippen LogP contribution in [0.2, 0.25) is 0 Å². The summed E-state index contributed by atoms with van der Waals surface area (Å²) in [6.07, 6.45) is -3.52. The highest BCUT2D eigenvalue weighted by molar-refractivity contribution is 5.90. The molecule has 0 aliphatic heterocycles. The molecule has 2 rings (SSSR count). The molecule has 1 aromatic heterocycles. The lowest BCUT2D eigenvalue weighted by molar-refractivity contribution is -0.141. The Morgan fingerprint density at radius 3 is 2.62 bits per heavy atom. The molecule has 9 heteroatoms. The molecular formula is C12H10F4N4O. The van der Waals surface area contributed by atoms with Crippen LogP contribution >= 0.6 is 0 Å². The minimum atomic E-state index is -4.56. The van der Waals surface area contributed by atoms with Gasteiger partial charge in [-0.3, -0.25) is 9.48 Å². The average Bonchev–Trinajstić information content (AvgIpc) is 2.82. The first-order valence-corrected chi connectivity index (χ1v) is 5.71. The van der Waals surface area contributed by atoms with Crippen molar-refractivity contribution in [3.8, 4) is 0 Å². The molecule has 0 atom stereocenters. The van der Waals surface area contributed by atoms with Gasteiger partial charge in [0.05, 0.1) is 5.69 Å². The monoisotopic (exact) mass is 302 g/mol. The van der Waals surface area contributed by atoms with Gasteiger partial charge < -0.3 is 11.1 Å². The van der Waals surface area contributed by atoms with Gasteiger partial charge in [-0.25, -0.2) is 4.39 Å². The van der Waals surface area contributed by atoms with Gasteiger partial charge in [0, 0.05) is 11.9 Å². The number of rotatable bonds is 3. The summed E-state index contributed by atoms with van der Waals surface area (Å²) in [6, 6.07) is 4.33. The van der Waals surface area contributed by atoms with Crippen LogP contribution in [0, 0.1) is 5.82 Å². The number of carbonyl (C=O) groups excluding carboxylic acids is 1. The van der Waals surface area contributed by atoms with Gasteiger partial charge in [-0.05, 0) is 24.3 Å². The van der Waals surface area contributed by atoms with Crippen LogP contribution in [0.15, 0.2) is 30.5 Å². The fourth-order valence-electron chi connectivity index (χ4n) is 1.57. The van der Waals surface area contributed by atoms with Crippen molar-refractivity contribution in [3.05, 3.63) is 42.0 Å². The molecule has 5 nitrogen and oxygen atoms in total. The van der Waals surface area contributed by atoms with Crippen LogP contribution in [-0.4, -0.2) is 15.7 Å². The number of benzene rings is 1. The normalized spacial score (nSPS) is 11.4. The summed E-state index contributed by atoms with van der Waals surface area (Å²) in [5, 5.41) is 5.62. The van der Waals surface area contributed by atoms with Crippen molar-refractivity contribution in [2.24, 2.45) is 0 Å². The van der Waals surface area contributed by atoms with Gasteiger partial charge in [0.25, 0.3) is 0 Å². The number of nitrogens with one attached hydrogen (secondary N) is 1.